The van der Waals surface area contributed by atoms with Gasteiger partial charge in [0.1, 0.15) is 34.2 Å². The summed E-state index contributed by atoms with van der Waals surface area (Å²) in [6, 6.07) is 3.64. The number of nitrogen functional groups attached to an aromatic ring is 1. The quantitative estimate of drug-likeness (QED) is 0.723. The Morgan fingerprint density at radius 2 is 2.23 bits per heavy atom. The number of hydrogen-bond donors (Lipinski definition) is 2. The topological polar surface area (TPSA) is 117 Å². The average molecular weight is 370 g/mol. The molecular formula is C16H15FN8S. The van der Waals surface area contributed by atoms with Crippen molar-refractivity contribution in [2.45, 2.75) is 25.3 Å². The molecular weight excluding hydrogens is 355 g/mol. The minimum atomic E-state index is -0.499. The molecule has 10 heteroatoms. The van der Waals surface area contributed by atoms with E-state index >= 15 is 0 Å². The lowest BCUT2D eigenvalue weighted by Crippen LogP contribution is -2.38. The Morgan fingerprint density at radius 3 is 3.04 bits per heavy atom. The van der Waals surface area contributed by atoms with Crippen LogP contribution >= 0.6 is 11.3 Å². The van der Waals surface area contributed by atoms with E-state index in [2.05, 4.69) is 31.3 Å². The van der Waals surface area contributed by atoms with E-state index < -0.39 is 5.82 Å². The fourth-order valence-electron chi connectivity index (χ4n) is 2.94. The summed E-state index contributed by atoms with van der Waals surface area (Å²) < 4.78 is 14.8. The number of aromatic nitrogens is 4. The molecule has 0 saturated carbocycles. The van der Waals surface area contributed by atoms with Crippen molar-refractivity contribution >= 4 is 44.1 Å². The van der Waals surface area contributed by atoms with Crippen LogP contribution in [0.15, 0.2) is 18.6 Å². The van der Waals surface area contributed by atoms with E-state index in [-0.39, 0.29) is 11.6 Å². The Kier molecular flexibility index (Phi) is 4.22. The number of nitriles is 1. The lowest BCUT2D eigenvalue weighted by atomic mass is 10.0. The maximum atomic E-state index is 14.3. The number of nitrogens with zero attached hydrogens (tertiary/aromatic N) is 6. The maximum Gasteiger partial charge on any atom is 0.187 e. The van der Waals surface area contributed by atoms with Crippen LogP contribution in [0.25, 0.3) is 10.2 Å². The molecule has 4 heterocycles. The summed E-state index contributed by atoms with van der Waals surface area (Å²) in [4.78, 5) is 18.4. The van der Waals surface area contributed by atoms with Crippen LogP contribution in [0.5, 0.6) is 0 Å². The lowest BCUT2D eigenvalue weighted by molar-refractivity contribution is 0.520. The first kappa shape index (κ1) is 16.4. The Bertz CT molecular complexity index is 998. The number of rotatable bonds is 3. The zero-order chi connectivity index (χ0) is 18.1. The summed E-state index contributed by atoms with van der Waals surface area (Å²) in [5, 5.41) is 13.1. The number of nitrogens with two attached hydrogens (primary N) is 1. The number of pyridine rings is 1. The minimum absolute atomic E-state index is 0.229. The van der Waals surface area contributed by atoms with Gasteiger partial charge >= 0.3 is 0 Å². The van der Waals surface area contributed by atoms with E-state index in [0.717, 1.165) is 32.0 Å². The predicted octanol–water partition coefficient (Wildman–Crippen LogP) is 2.83. The molecule has 26 heavy (non-hydrogen) atoms. The van der Waals surface area contributed by atoms with E-state index in [1.54, 1.807) is 6.07 Å². The van der Waals surface area contributed by atoms with E-state index in [4.69, 9.17) is 5.73 Å². The highest BCUT2D eigenvalue weighted by molar-refractivity contribution is 7.22. The molecule has 1 saturated heterocycles. The van der Waals surface area contributed by atoms with Gasteiger partial charge in [-0.1, -0.05) is 11.3 Å². The summed E-state index contributed by atoms with van der Waals surface area (Å²) in [5.41, 5.74) is 5.89. The molecule has 0 aromatic carbocycles. The molecule has 0 amide bonds. The zero-order valence-electron chi connectivity index (χ0n) is 13.7. The molecule has 1 fully saturated rings. The van der Waals surface area contributed by atoms with Gasteiger partial charge in [0, 0.05) is 12.6 Å². The van der Waals surface area contributed by atoms with Crippen LogP contribution in [-0.2, 0) is 0 Å². The van der Waals surface area contributed by atoms with Crippen LogP contribution in [0, 0.1) is 17.1 Å². The van der Waals surface area contributed by atoms with Crippen molar-refractivity contribution in [2.24, 2.45) is 0 Å². The molecule has 132 valence electrons. The van der Waals surface area contributed by atoms with Crippen LogP contribution < -0.4 is 16.0 Å². The third-order valence-corrected chi connectivity index (χ3v) is 5.30. The van der Waals surface area contributed by atoms with Gasteiger partial charge in [-0.25, -0.2) is 24.3 Å². The van der Waals surface area contributed by atoms with Crippen molar-refractivity contribution in [3.8, 4) is 6.07 Å². The fraction of sp³-hybridized carbons (Fsp3) is 0.312. The molecule has 0 aliphatic carbocycles. The van der Waals surface area contributed by atoms with Crippen molar-refractivity contribution in [1.82, 2.24) is 19.9 Å². The maximum absolute atomic E-state index is 14.3. The summed E-state index contributed by atoms with van der Waals surface area (Å²) in [6.07, 6.45) is 5.24. The third kappa shape index (κ3) is 2.97. The second kappa shape index (κ2) is 6.68. The second-order valence-electron chi connectivity index (χ2n) is 5.92. The number of nitrogens with one attached hydrogen (secondary N) is 1. The summed E-state index contributed by atoms with van der Waals surface area (Å²) in [6.45, 7) is 0.734. The predicted molar refractivity (Wildman–Crippen MR) is 97.7 cm³/mol. The van der Waals surface area contributed by atoms with Gasteiger partial charge in [0.2, 0.25) is 0 Å². The summed E-state index contributed by atoms with van der Waals surface area (Å²) >= 11 is 1.31. The highest BCUT2D eigenvalue weighted by Crippen LogP contribution is 2.37. The number of anilines is 4. The summed E-state index contributed by atoms with van der Waals surface area (Å²) in [5.74, 6) is 0.714. The molecule has 1 unspecified atom stereocenters. The largest absolute Gasteiger partial charge is 0.384 e. The number of hydrogen-bond acceptors (Lipinski definition) is 9. The number of halogens is 1. The standard InChI is InChI=1S/C16H15FN8S/c17-10-7-20-15(23-12-5-11(19)21-8-22-12)14-13(10)24-16(26-14)25-4-2-1-3-9(25)6-18/h5,7-9H,1-4H2,(H3,19,20,21,22,23). The van der Waals surface area contributed by atoms with Gasteiger partial charge in [0.15, 0.2) is 16.8 Å². The highest BCUT2D eigenvalue weighted by atomic mass is 32.1. The zero-order valence-corrected chi connectivity index (χ0v) is 14.5. The van der Waals surface area contributed by atoms with Crippen molar-refractivity contribution in [3.05, 3.63) is 24.4 Å². The van der Waals surface area contributed by atoms with E-state index in [0.29, 0.717) is 27.3 Å². The minimum Gasteiger partial charge on any atom is -0.384 e. The van der Waals surface area contributed by atoms with Gasteiger partial charge in [-0.05, 0) is 19.3 Å². The van der Waals surface area contributed by atoms with Crippen molar-refractivity contribution in [3.63, 3.8) is 0 Å². The van der Waals surface area contributed by atoms with Gasteiger partial charge in [-0.3, -0.25) is 0 Å². The second-order valence-corrected chi connectivity index (χ2v) is 6.89. The molecule has 8 nitrogen and oxygen atoms in total. The van der Waals surface area contributed by atoms with Gasteiger partial charge in [-0.2, -0.15) is 5.26 Å². The molecule has 0 spiro atoms. The van der Waals surface area contributed by atoms with E-state index in [1.807, 2.05) is 4.90 Å². The Morgan fingerprint density at radius 1 is 1.35 bits per heavy atom. The molecule has 3 aromatic rings. The molecule has 3 aromatic heterocycles. The SMILES string of the molecule is N#CC1CCCCN1c1nc2c(F)cnc(Nc3cc(N)ncn3)c2s1. The molecule has 0 radical (unpaired) electrons. The first-order valence-corrected chi connectivity index (χ1v) is 8.93. The van der Waals surface area contributed by atoms with Crippen LogP contribution in [-0.4, -0.2) is 32.5 Å². The molecule has 1 aliphatic heterocycles. The van der Waals surface area contributed by atoms with Crippen molar-refractivity contribution in [1.29, 1.82) is 5.26 Å². The summed E-state index contributed by atoms with van der Waals surface area (Å²) in [7, 11) is 0. The Labute approximate surface area is 152 Å². The monoisotopic (exact) mass is 370 g/mol. The van der Waals surface area contributed by atoms with Gasteiger partial charge in [-0.15, -0.1) is 0 Å². The molecule has 1 aliphatic rings. The Hall–Kier alpha value is -3.06. The van der Waals surface area contributed by atoms with Gasteiger partial charge < -0.3 is 16.0 Å². The Balaban J connectivity index is 1.75. The van der Waals surface area contributed by atoms with E-state index in [1.165, 1.54) is 17.7 Å². The lowest BCUT2D eigenvalue weighted by Gasteiger charge is -2.30. The van der Waals surface area contributed by atoms with Gasteiger partial charge in [0.05, 0.1) is 12.3 Å². The number of thiazole rings is 1. The van der Waals surface area contributed by atoms with E-state index in [9.17, 15) is 9.65 Å². The number of piperidine rings is 1. The van der Waals surface area contributed by atoms with Crippen LogP contribution in [0.1, 0.15) is 19.3 Å². The first-order chi connectivity index (χ1) is 12.7. The molecule has 0 bridgehead atoms. The fourth-order valence-corrected chi connectivity index (χ4v) is 4.04. The van der Waals surface area contributed by atoms with Crippen molar-refractivity contribution in [2.75, 3.05) is 22.5 Å². The average Bonchev–Trinajstić information content (AvgIpc) is 3.10. The van der Waals surface area contributed by atoms with Crippen molar-refractivity contribution < 1.29 is 4.39 Å². The van der Waals surface area contributed by atoms with Crippen LogP contribution in [0.2, 0.25) is 0 Å². The molecule has 3 N–H and O–H groups in total. The molecule has 1 atom stereocenters. The highest BCUT2D eigenvalue weighted by Gasteiger charge is 2.26. The normalized spacial score (nSPS) is 17.2. The smallest absolute Gasteiger partial charge is 0.187 e. The van der Waals surface area contributed by atoms with Crippen LogP contribution in [0.4, 0.5) is 27.0 Å². The van der Waals surface area contributed by atoms with Gasteiger partial charge in [0.25, 0.3) is 0 Å². The molecule has 4 rings (SSSR count). The first-order valence-electron chi connectivity index (χ1n) is 8.11. The van der Waals surface area contributed by atoms with Crippen LogP contribution in [0.3, 0.4) is 0 Å². The number of fused-ring (bicyclic) bond motifs is 1. The third-order valence-electron chi connectivity index (χ3n) is 4.20.